The lowest BCUT2D eigenvalue weighted by Gasteiger charge is -1.85. The summed E-state index contributed by atoms with van der Waals surface area (Å²) in [4.78, 5) is 0. The molecule has 8 heavy (non-hydrogen) atoms. The average Bonchev–Trinajstić information content (AvgIpc) is 2.19. The molecule has 1 aromatic heterocycles. The van der Waals surface area contributed by atoms with Crippen LogP contribution in [0.4, 0.5) is 0 Å². The molecule has 1 aromatic rings. The largest absolute Gasteiger partial charge is 0.143 e. The Morgan fingerprint density at radius 2 is 2.62 bits per heavy atom. The van der Waals surface area contributed by atoms with Crippen LogP contribution in [-0.4, -0.2) is 0 Å². The third kappa shape index (κ3) is 1.34. The molecule has 0 spiro atoms. The molecule has 1 radical (unpaired) electrons. The average molecular weight is 125 g/mol. The zero-order valence-corrected chi connectivity index (χ0v) is 5.79. The summed E-state index contributed by atoms with van der Waals surface area (Å²) in [5, 5.41) is 5.25. The van der Waals surface area contributed by atoms with Crippen molar-refractivity contribution in [2.75, 3.05) is 0 Å². The summed E-state index contributed by atoms with van der Waals surface area (Å²) in [5.74, 6) is 0. The summed E-state index contributed by atoms with van der Waals surface area (Å²) < 4.78 is 0. The maximum atomic E-state index is 3.18. The van der Waals surface area contributed by atoms with Gasteiger partial charge in [0.1, 0.15) is 0 Å². The van der Waals surface area contributed by atoms with Crippen molar-refractivity contribution in [2.24, 2.45) is 0 Å². The SMILES string of the molecule is CCCc1[c]scc1. The highest BCUT2D eigenvalue weighted by Crippen LogP contribution is 2.06. The fourth-order valence-corrected chi connectivity index (χ4v) is 1.29. The zero-order valence-electron chi connectivity index (χ0n) is 4.98. The molecule has 0 aromatic carbocycles. The number of aryl methyl sites for hydroxylation is 1. The Morgan fingerprint density at radius 1 is 1.75 bits per heavy atom. The first-order valence-corrected chi connectivity index (χ1v) is 3.75. The molecule has 0 amide bonds. The lowest BCUT2D eigenvalue weighted by atomic mass is 10.2. The summed E-state index contributed by atoms with van der Waals surface area (Å²) in [6, 6.07) is 2.13. The predicted molar refractivity (Wildman–Crippen MR) is 37.2 cm³/mol. The van der Waals surface area contributed by atoms with Crippen LogP contribution in [0, 0.1) is 5.38 Å². The minimum atomic E-state index is 1.18. The number of rotatable bonds is 2. The fourth-order valence-electron chi connectivity index (χ4n) is 0.664. The van der Waals surface area contributed by atoms with Gasteiger partial charge in [0, 0.05) is 5.38 Å². The van der Waals surface area contributed by atoms with Crippen LogP contribution in [0.15, 0.2) is 11.4 Å². The monoisotopic (exact) mass is 125 g/mol. The molecule has 1 rings (SSSR count). The van der Waals surface area contributed by atoms with Crippen molar-refractivity contribution in [1.29, 1.82) is 0 Å². The molecule has 0 aliphatic carbocycles. The van der Waals surface area contributed by atoms with E-state index in [1.807, 2.05) is 0 Å². The van der Waals surface area contributed by atoms with E-state index in [4.69, 9.17) is 0 Å². The third-order valence-corrected chi connectivity index (χ3v) is 1.70. The molecule has 0 nitrogen and oxygen atoms in total. The van der Waals surface area contributed by atoms with Crippen LogP contribution >= 0.6 is 11.3 Å². The van der Waals surface area contributed by atoms with E-state index in [9.17, 15) is 0 Å². The molecule has 0 saturated heterocycles. The lowest BCUT2D eigenvalue weighted by Crippen LogP contribution is -1.74. The van der Waals surface area contributed by atoms with Crippen molar-refractivity contribution in [3.8, 4) is 0 Å². The third-order valence-electron chi connectivity index (χ3n) is 1.05. The van der Waals surface area contributed by atoms with Crippen molar-refractivity contribution in [3.05, 3.63) is 22.4 Å². The number of hydrogen-bond acceptors (Lipinski definition) is 1. The van der Waals surface area contributed by atoms with E-state index in [1.54, 1.807) is 11.3 Å². The summed E-state index contributed by atoms with van der Waals surface area (Å²) >= 11 is 1.65. The minimum Gasteiger partial charge on any atom is -0.143 e. The number of thiophene rings is 1. The molecule has 43 valence electrons. The molecule has 0 saturated carbocycles. The first-order valence-electron chi connectivity index (χ1n) is 2.87. The number of hydrogen-bond donors (Lipinski definition) is 0. The van der Waals surface area contributed by atoms with Crippen molar-refractivity contribution in [1.82, 2.24) is 0 Å². The van der Waals surface area contributed by atoms with Crippen LogP contribution in [0.1, 0.15) is 18.9 Å². The molecule has 1 heteroatoms. The van der Waals surface area contributed by atoms with E-state index in [2.05, 4.69) is 23.8 Å². The molecule has 0 N–H and O–H groups in total. The summed E-state index contributed by atoms with van der Waals surface area (Å²) in [5.41, 5.74) is 1.36. The Labute approximate surface area is 54.2 Å². The van der Waals surface area contributed by atoms with E-state index in [0.29, 0.717) is 0 Å². The highest BCUT2D eigenvalue weighted by Gasteiger charge is 1.87. The Morgan fingerprint density at radius 3 is 3.12 bits per heavy atom. The highest BCUT2D eigenvalue weighted by atomic mass is 32.1. The standard InChI is InChI=1S/C7H9S/c1-2-3-7-4-5-8-6-7/h4-5H,2-3H2,1H3. The van der Waals surface area contributed by atoms with Crippen LogP contribution in [0.5, 0.6) is 0 Å². The molecule has 0 aliphatic rings. The Balaban J connectivity index is 2.50. The lowest BCUT2D eigenvalue weighted by molar-refractivity contribution is 0.925. The van der Waals surface area contributed by atoms with E-state index in [0.717, 1.165) is 0 Å². The van der Waals surface area contributed by atoms with Gasteiger partial charge in [-0.1, -0.05) is 13.3 Å². The summed E-state index contributed by atoms with van der Waals surface area (Å²) in [6.45, 7) is 2.19. The van der Waals surface area contributed by atoms with Crippen molar-refractivity contribution < 1.29 is 0 Å². The molecule has 0 bridgehead atoms. The van der Waals surface area contributed by atoms with Gasteiger partial charge in [-0.05, 0) is 23.4 Å². The predicted octanol–water partition coefficient (Wildman–Crippen LogP) is 2.50. The Hall–Kier alpha value is -0.300. The fraction of sp³-hybridized carbons (Fsp3) is 0.429. The molecular formula is C7H9S. The van der Waals surface area contributed by atoms with Crippen LogP contribution in [0.2, 0.25) is 0 Å². The van der Waals surface area contributed by atoms with Gasteiger partial charge < -0.3 is 0 Å². The van der Waals surface area contributed by atoms with Gasteiger partial charge in [0.15, 0.2) is 0 Å². The van der Waals surface area contributed by atoms with Crippen LogP contribution in [-0.2, 0) is 6.42 Å². The smallest absolute Gasteiger partial charge is 0.0477 e. The topological polar surface area (TPSA) is 0 Å². The van der Waals surface area contributed by atoms with Crippen molar-refractivity contribution in [2.45, 2.75) is 19.8 Å². The van der Waals surface area contributed by atoms with E-state index < -0.39 is 0 Å². The molecule has 1 heterocycles. The van der Waals surface area contributed by atoms with Crippen LogP contribution < -0.4 is 0 Å². The highest BCUT2D eigenvalue weighted by molar-refractivity contribution is 7.07. The first-order chi connectivity index (χ1) is 3.93. The molecular weight excluding hydrogens is 116 g/mol. The van der Waals surface area contributed by atoms with E-state index in [-0.39, 0.29) is 0 Å². The van der Waals surface area contributed by atoms with Crippen LogP contribution in [0.25, 0.3) is 0 Å². The van der Waals surface area contributed by atoms with Gasteiger partial charge in [0.25, 0.3) is 0 Å². The Bertz CT molecular complexity index is 130. The zero-order chi connectivity index (χ0) is 5.82. The molecule has 0 atom stereocenters. The molecule has 0 unspecified atom stereocenters. The van der Waals surface area contributed by atoms with Gasteiger partial charge in [-0.25, -0.2) is 0 Å². The van der Waals surface area contributed by atoms with Gasteiger partial charge in [0.05, 0.1) is 0 Å². The molecule has 0 fully saturated rings. The van der Waals surface area contributed by atoms with Gasteiger partial charge in [0.2, 0.25) is 0 Å². The van der Waals surface area contributed by atoms with Gasteiger partial charge >= 0.3 is 0 Å². The Kier molecular flexibility index (Phi) is 2.10. The minimum absolute atomic E-state index is 1.18. The normalized spacial score (nSPS) is 9.62. The second-order valence-electron chi connectivity index (χ2n) is 1.80. The van der Waals surface area contributed by atoms with Crippen molar-refractivity contribution >= 4 is 11.3 Å². The maximum absolute atomic E-state index is 3.18. The van der Waals surface area contributed by atoms with Gasteiger partial charge in [-0.15, -0.1) is 11.3 Å². The van der Waals surface area contributed by atoms with Gasteiger partial charge in [-0.2, -0.15) is 0 Å². The quantitative estimate of drug-likeness (QED) is 0.569. The summed E-state index contributed by atoms with van der Waals surface area (Å²) in [6.07, 6.45) is 2.41. The molecule has 0 aliphatic heterocycles. The van der Waals surface area contributed by atoms with E-state index >= 15 is 0 Å². The first kappa shape index (κ1) is 5.83. The second-order valence-corrected chi connectivity index (χ2v) is 2.51. The van der Waals surface area contributed by atoms with E-state index in [1.165, 1.54) is 18.4 Å². The van der Waals surface area contributed by atoms with Gasteiger partial charge in [-0.3, -0.25) is 0 Å². The van der Waals surface area contributed by atoms with Crippen molar-refractivity contribution in [3.63, 3.8) is 0 Å². The maximum Gasteiger partial charge on any atom is 0.0477 e. The second kappa shape index (κ2) is 2.88. The van der Waals surface area contributed by atoms with Crippen LogP contribution in [0.3, 0.4) is 0 Å². The summed E-state index contributed by atoms with van der Waals surface area (Å²) in [7, 11) is 0.